The molecule has 0 aromatic heterocycles. The van der Waals surface area contributed by atoms with Crippen molar-refractivity contribution in [1.29, 1.82) is 0 Å². The van der Waals surface area contributed by atoms with E-state index in [-0.39, 0.29) is 19.8 Å². The first-order valence-electron chi connectivity index (χ1n) is 12.8. The molecule has 1 atom stereocenters. The van der Waals surface area contributed by atoms with Crippen LogP contribution in [0.15, 0.2) is 54.6 Å². The molecular formula is C29H41NO5. The van der Waals surface area contributed by atoms with Gasteiger partial charge in [-0.15, -0.1) is 0 Å². The van der Waals surface area contributed by atoms with Gasteiger partial charge in [-0.05, 0) is 42.4 Å². The highest BCUT2D eigenvalue weighted by atomic mass is 16.6. The highest BCUT2D eigenvalue weighted by molar-refractivity contribution is 5.69. The van der Waals surface area contributed by atoms with Gasteiger partial charge in [0.05, 0.1) is 6.61 Å². The van der Waals surface area contributed by atoms with Crippen LogP contribution in [-0.4, -0.2) is 35.9 Å². The van der Waals surface area contributed by atoms with Gasteiger partial charge in [0.15, 0.2) is 0 Å². The molecule has 35 heavy (non-hydrogen) atoms. The molecule has 0 saturated heterocycles. The van der Waals surface area contributed by atoms with Crippen molar-refractivity contribution < 1.29 is 24.2 Å². The molecule has 0 radical (unpaired) electrons. The Bertz CT molecular complexity index is 868. The van der Waals surface area contributed by atoms with Crippen LogP contribution in [0.25, 0.3) is 0 Å². The molecule has 0 aliphatic rings. The Kier molecular flexibility index (Phi) is 12.9. The van der Waals surface area contributed by atoms with Crippen LogP contribution in [0, 0.1) is 0 Å². The maximum absolute atomic E-state index is 12.5. The maximum Gasteiger partial charge on any atom is 0.408 e. The van der Waals surface area contributed by atoms with Crippen molar-refractivity contribution >= 4 is 12.1 Å². The molecule has 0 heterocycles. The fourth-order valence-electron chi connectivity index (χ4n) is 3.92. The van der Waals surface area contributed by atoms with Crippen LogP contribution in [0.2, 0.25) is 0 Å². The number of alkyl carbamates (subject to hydrolysis) is 1. The van der Waals surface area contributed by atoms with E-state index in [4.69, 9.17) is 9.47 Å². The SMILES string of the molecule is CCCCCCCCc1ccc(CC[C@](CO)(COC(C)=O)NC(=O)OCc2ccccc2)cc1. The number of esters is 1. The molecule has 2 rings (SSSR count). The molecule has 0 fully saturated rings. The minimum absolute atomic E-state index is 0.113. The van der Waals surface area contributed by atoms with E-state index in [1.807, 2.05) is 30.3 Å². The number of aryl methyl sites for hydroxylation is 2. The molecule has 2 N–H and O–H groups in total. The van der Waals surface area contributed by atoms with Crippen molar-refractivity contribution in [3.05, 3.63) is 71.3 Å². The zero-order valence-corrected chi connectivity index (χ0v) is 21.3. The summed E-state index contributed by atoms with van der Waals surface area (Å²) in [5.41, 5.74) is 2.15. The number of carbonyl (C=O) groups excluding carboxylic acids is 2. The molecule has 6 nitrogen and oxygen atoms in total. The number of rotatable bonds is 16. The lowest BCUT2D eigenvalue weighted by atomic mass is 9.92. The third-order valence-electron chi connectivity index (χ3n) is 6.17. The molecule has 2 aromatic rings. The summed E-state index contributed by atoms with van der Waals surface area (Å²) in [4.78, 5) is 23.9. The molecule has 1 amide bonds. The fourth-order valence-corrected chi connectivity index (χ4v) is 3.92. The average Bonchev–Trinajstić information content (AvgIpc) is 2.88. The van der Waals surface area contributed by atoms with Gasteiger partial charge in [-0.25, -0.2) is 4.79 Å². The standard InChI is InChI=1S/C29H41NO5/c1-3-4-5-6-7-9-12-25-15-17-26(18-16-25)19-20-29(22-31,23-35-24(2)32)30-28(33)34-21-27-13-10-8-11-14-27/h8,10-11,13-18,31H,3-7,9,12,19-23H2,1-2H3,(H,30,33)/t29-/m0/s1. The second kappa shape index (κ2) is 15.9. The third kappa shape index (κ3) is 11.4. The predicted molar refractivity (Wildman–Crippen MR) is 138 cm³/mol. The first kappa shape index (κ1) is 28.4. The smallest absolute Gasteiger partial charge is 0.408 e. The van der Waals surface area contributed by atoms with Crippen molar-refractivity contribution in [1.82, 2.24) is 5.32 Å². The van der Waals surface area contributed by atoms with E-state index in [1.165, 1.54) is 51.0 Å². The minimum atomic E-state index is -1.13. The van der Waals surface area contributed by atoms with Gasteiger partial charge < -0.3 is 19.9 Å². The summed E-state index contributed by atoms with van der Waals surface area (Å²) in [5, 5.41) is 12.9. The zero-order valence-electron chi connectivity index (χ0n) is 21.3. The van der Waals surface area contributed by atoms with Crippen LogP contribution in [0.5, 0.6) is 0 Å². The van der Waals surface area contributed by atoms with E-state index < -0.39 is 17.6 Å². The molecular weight excluding hydrogens is 442 g/mol. The van der Waals surface area contributed by atoms with E-state index in [2.05, 4.69) is 36.5 Å². The van der Waals surface area contributed by atoms with Crippen LogP contribution >= 0.6 is 0 Å². The first-order valence-corrected chi connectivity index (χ1v) is 12.8. The maximum atomic E-state index is 12.5. The normalized spacial score (nSPS) is 12.5. The quantitative estimate of drug-likeness (QED) is 0.235. The van der Waals surface area contributed by atoms with Crippen molar-refractivity contribution in [2.75, 3.05) is 13.2 Å². The van der Waals surface area contributed by atoms with Gasteiger partial charge in [0.2, 0.25) is 0 Å². The molecule has 6 heteroatoms. The Hall–Kier alpha value is -2.86. The highest BCUT2D eigenvalue weighted by Crippen LogP contribution is 2.18. The molecule has 0 spiro atoms. The second-order valence-corrected chi connectivity index (χ2v) is 9.24. The van der Waals surface area contributed by atoms with Crippen molar-refractivity contribution in [3.8, 4) is 0 Å². The van der Waals surface area contributed by atoms with E-state index in [0.717, 1.165) is 17.5 Å². The van der Waals surface area contributed by atoms with Gasteiger partial charge in [0.25, 0.3) is 0 Å². The molecule has 0 unspecified atom stereocenters. The average molecular weight is 484 g/mol. The number of carbonyl (C=O) groups is 2. The number of hydrogen-bond acceptors (Lipinski definition) is 5. The van der Waals surface area contributed by atoms with E-state index in [0.29, 0.717) is 12.8 Å². The topological polar surface area (TPSA) is 84.9 Å². The molecule has 0 aliphatic heterocycles. The van der Waals surface area contributed by atoms with Crippen LogP contribution in [0.4, 0.5) is 4.79 Å². The molecule has 2 aromatic carbocycles. The van der Waals surface area contributed by atoms with Gasteiger partial charge in [-0.3, -0.25) is 4.79 Å². The lowest BCUT2D eigenvalue weighted by Crippen LogP contribution is -2.55. The van der Waals surface area contributed by atoms with Crippen molar-refractivity contribution in [2.24, 2.45) is 0 Å². The zero-order chi connectivity index (χ0) is 25.4. The summed E-state index contributed by atoms with van der Waals surface area (Å²) < 4.78 is 10.5. The fraction of sp³-hybridized carbons (Fsp3) is 0.517. The van der Waals surface area contributed by atoms with Gasteiger partial charge in [-0.2, -0.15) is 0 Å². The lowest BCUT2D eigenvalue weighted by molar-refractivity contribution is -0.144. The number of nitrogens with one attached hydrogen (secondary N) is 1. The number of aliphatic hydroxyl groups excluding tert-OH is 1. The summed E-state index contributed by atoms with van der Waals surface area (Å²) in [7, 11) is 0. The molecule has 192 valence electrons. The summed E-state index contributed by atoms with van der Waals surface area (Å²) in [5.74, 6) is -0.471. The van der Waals surface area contributed by atoms with Crippen molar-refractivity contribution in [2.45, 2.75) is 83.8 Å². The predicted octanol–water partition coefficient (Wildman–Crippen LogP) is 5.74. The van der Waals surface area contributed by atoms with E-state index >= 15 is 0 Å². The summed E-state index contributed by atoms with van der Waals surface area (Å²) in [6, 6.07) is 17.8. The number of aliphatic hydroxyl groups is 1. The largest absolute Gasteiger partial charge is 0.463 e. The van der Waals surface area contributed by atoms with E-state index in [9.17, 15) is 14.7 Å². The number of benzene rings is 2. The first-order chi connectivity index (χ1) is 17.0. The Morgan fingerprint density at radius 2 is 1.46 bits per heavy atom. The second-order valence-electron chi connectivity index (χ2n) is 9.24. The Morgan fingerprint density at radius 3 is 2.09 bits per heavy atom. The summed E-state index contributed by atoms with van der Waals surface area (Å²) in [6.07, 6.45) is 9.11. The number of ether oxygens (including phenoxy) is 2. The molecule has 0 saturated carbocycles. The van der Waals surface area contributed by atoms with E-state index in [1.54, 1.807) is 0 Å². The Morgan fingerprint density at radius 1 is 0.829 bits per heavy atom. The summed E-state index contributed by atoms with van der Waals surface area (Å²) in [6.45, 7) is 3.14. The monoisotopic (exact) mass is 483 g/mol. The van der Waals surface area contributed by atoms with Crippen LogP contribution in [0.3, 0.4) is 0 Å². The summed E-state index contributed by atoms with van der Waals surface area (Å²) >= 11 is 0. The van der Waals surface area contributed by atoms with Gasteiger partial charge in [0, 0.05) is 6.92 Å². The lowest BCUT2D eigenvalue weighted by Gasteiger charge is -2.32. The minimum Gasteiger partial charge on any atom is -0.463 e. The Labute approximate surface area is 210 Å². The number of amides is 1. The van der Waals surface area contributed by atoms with Crippen molar-refractivity contribution in [3.63, 3.8) is 0 Å². The molecule has 0 bridgehead atoms. The highest BCUT2D eigenvalue weighted by Gasteiger charge is 2.33. The van der Waals surface area contributed by atoms with Gasteiger partial charge in [0.1, 0.15) is 18.8 Å². The number of unbranched alkanes of at least 4 members (excludes halogenated alkanes) is 5. The van der Waals surface area contributed by atoms with Gasteiger partial charge >= 0.3 is 12.1 Å². The Balaban J connectivity index is 1.90. The van der Waals surface area contributed by atoms with Crippen LogP contribution in [0.1, 0.15) is 75.5 Å². The molecule has 0 aliphatic carbocycles. The van der Waals surface area contributed by atoms with Gasteiger partial charge in [-0.1, -0.05) is 93.6 Å². The van der Waals surface area contributed by atoms with Crippen LogP contribution in [-0.2, 0) is 33.7 Å². The van der Waals surface area contributed by atoms with Crippen LogP contribution < -0.4 is 5.32 Å². The third-order valence-corrected chi connectivity index (χ3v) is 6.17. The number of hydrogen-bond donors (Lipinski definition) is 2.